The number of hydrogen-bond acceptors (Lipinski definition) is 10. The molecule has 0 unspecified atom stereocenters. The number of anilines is 3. The highest BCUT2D eigenvalue weighted by atomic mass is 32.1. The Kier molecular flexibility index (Phi) is 7.00. The zero-order valence-corrected chi connectivity index (χ0v) is 19.9. The SMILES string of the molecule is CCc1nc2c(N[C@H]3CC[C@H](N4CCOCC4)CC3)nc(Nc3cnn(CCO)c3)nc2s1. The van der Waals surface area contributed by atoms with Gasteiger partial charge in [0.25, 0.3) is 0 Å². The van der Waals surface area contributed by atoms with E-state index < -0.39 is 0 Å². The highest BCUT2D eigenvalue weighted by Crippen LogP contribution is 2.31. The molecule has 1 saturated carbocycles. The van der Waals surface area contributed by atoms with E-state index in [-0.39, 0.29) is 6.61 Å². The van der Waals surface area contributed by atoms with Gasteiger partial charge in [-0.3, -0.25) is 9.58 Å². The van der Waals surface area contributed by atoms with Crippen LogP contribution in [0.5, 0.6) is 0 Å². The molecule has 1 aliphatic carbocycles. The molecule has 33 heavy (non-hydrogen) atoms. The quantitative estimate of drug-likeness (QED) is 0.455. The molecular weight excluding hydrogens is 440 g/mol. The summed E-state index contributed by atoms with van der Waals surface area (Å²) in [5.41, 5.74) is 1.65. The van der Waals surface area contributed by atoms with E-state index in [1.807, 2.05) is 6.20 Å². The number of aliphatic hydroxyl groups is 1. The number of aryl methyl sites for hydroxylation is 1. The minimum atomic E-state index is 0.0477. The molecule has 0 spiro atoms. The number of thiazole rings is 1. The Morgan fingerprint density at radius 3 is 2.73 bits per heavy atom. The Labute approximate surface area is 197 Å². The lowest BCUT2D eigenvalue weighted by Crippen LogP contribution is -2.46. The highest BCUT2D eigenvalue weighted by molar-refractivity contribution is 7.18. The van der Waals surface area contributed by atoms with Crippen molar-refractivity contribution in [3.05, 3.63) is 17.4 Å². The summed E-state index contributed by atoms with van der Waals surface area (Å²) in [6.07, 6.45) is 9.06. The molecule has 5 rings (SSSR count). The van der Waals surface area contributed by atoms with Crippen molar-refractivity contribution in [1.29, 1.82) is 0 Å². The summed E-state index contributed by atoms with van der Waals surface area (Å²) in [7, 11) is 0. The first-order valence-electron chi connectivity index (χ1n) is 11.9. The summed E-state index contributed by atoms with van der Waals surface area (Å²) in [4.78, 5) is 17.8. The van der Waals surface area contributed by atoms with Crippen LogP contribution in [0.4, 0.5) is 17.5 Å². The van der Waals surface area contributed by atoms with Crippen molar-refractivity contribution in [1.82, 2.24) is 29.6 Å². The normalized spacial score (nSPS) is 22.0. The second-order valence-electron chi connectivity index (χ2n) is 8.65. The van der Waals surface area contributed by atoms with E-state index in [1.54, 1.807) is 22.2 Å². The first-order valence-corrected chi connectivity index (χ1v) is 12.7. The van der Waals surface area contributed by atoms with Gasteiger partial charge in [0.15, 0.2) is 10.6 Å². The van der Waals surface area contributed by atoms with Gasteiger partial charge in [-0.1, -0.05) is 18.3 Å². The molecule has 11 heteroatoms. The van der Waals surface area contributed by atoms with Gasteiger partial charge in [-0.2, -0.15) is 15.1 Å². The number of aromatic nitrogens is 5. The van der Waals surface area contributed by atoms with E-state index >= 15 is 0 Å². The van der Waals surface area contributed by atoms with Gasteiger partial charge in [0.2, 0.25) is 5.95 Å². The molecule has 0 amide bonds. The maximum Gasteiger partial charge on any atom is 0.230 e. The van der Waals surface area contributed by atoms with Gasteiger partial charge in [-0.15, -0.1) is 0 Å². The van der Waals surface area contributed by atoms with E-state index in [0.717, 1.165) is 72.4 Å². The lowest BCUT2D eigenvalue weighted by atomic mass is 9.90. The predicted molar refractivity (Wildman–Crippen MR) is 129 cm³/mol. The first kappa shape index (κ1) is 22.5. The number of ether oxygens (including phenoxy) is 1. The first-order chi connectivity index (χ1) is 16.2. The minimum absolute atomic E-state index is 0.0477. The molecule has 3 N–H and O–H groups in total. The molecule has 1 saturated heterocycles. The smallest absolute Gasteiger partial charge is 0.230 e. The number of fused-ring (bicyclic) bond motifs is 1. The third kappa shape index (κ3) is 5.26. The Hall–Kier alpha value is -2.34. The number of aliphatic hydroxyl groups excluding tert-OH is 1. The second kappa shape index (κ2) is 10.3. The topological polar surface area (TPSA) is 113 Å². The fourth-order valence-electron chi connectivity index (χ4n) is 4.68. The van der Waals surface area contributed by atoms with Crippen molar-refractivity contribution in [2.75, 3.05) is 43.5 Å². The van der Waals surface area contributed by atoms with Crippen molar-refractivity contribution < 1.29 is 9.84 Å². The standard InChI is InChI=1S/C22H32N8O2S/c1-2-18-26-19-20(24-15-3-5-17(6-4-15)29-8-11-32-12-9-29)27-22(28-21(19)33-18)25-16-13-23-30(14-16)7-10-31/h13-15,17,31H,2-12H2,1H3,(H2,24,25,27,28)/t15-,17-. The molecule has 0 bridgehead atoms. The molecule has 178 valence electrons. The lowest BCUT2D eigenvalue weighted by Gasteiger charge is -2.39. The largest absolute Gasteiger partial charge is 0.394 e. The predicted octanol–water partition coefficient (Wildman–Crippen LogP) is 2.64. The summed E-state index contributed by atoms with van der Waals surface area (Å²) < 4.78 is 7.20. The zero-order valence-electron chi connectivity index (χ0n) is 19.0. The van der Waals surface area contributed by atoms with Crippen molar-refractivity contribution >= 4 is 39.1 Å². The van der Waals surface area contributed by atoms with E-state index in [2.05, 4.69) is 27.6 Å². The molecule has 3 aromatic rings. The number of rotatable bonds is 8. The molecule has 3 aromatic heterocycles. The highest BCUT2D eigenvalue weighted by Gasteiger charge is 2.27. The van der Waals surface area contributed by atoms with Crippen molar-refractivity contribution in [2.45, 2.75) is 57.7 Å². The molecule has 0 radical (unpaired) electrons. The van der Waals surface area contributed by atoms with Crippen LogP contribution in [0.1, 0.15) is 37.6 Å². The van der Waals surface area contributed by atoms with Gasteiger partial charge >= 0.3 is 0 Å². The van der Waals surface area contributed by atoms with Gasteiger partial charge in [-0.05, 0) is 32.1 Å². The summed E-state index contributed by atoms with van der Waals surface area (Å²) in [5.74, 6) is 1.33. The molecule has 0 atom stereocenters. The minimum Gasteiger partial charge on any atom is -0.394 e. The molecule has 4 heterocycles. The average molecular weight is 473 g/mol. The van der Waals surface area contributed by atoms with Gasteiger partial charge in [0.1, 0.15) is 5.52 Å². The van der Waals surface area contributed by atoms with Gasteiger partial charge in [0.05, 0.1) is 43.3 Å². The molecule has 2 fully saturated rings. The lowest BCUT2D eigenvalue weighted by molar-refractivity contribution is 0.00791. The Morgan fingerprint density at radius 1 is 1.15 bits per heavy atom. The van der Waals surface area contributed by atoms with E-state index in [0.29, 0.717) is 24.6 Å². The van der Waals surface area contributed by atoms with Crippen LogP contribution in [0.3, 0.4) is 0 Å². The fraction of sp³-hybridized carbons (Fsp3) is 0.636. The average Bonchev–Trinajstić information content (AvgIpc) is 3.47. The van der Waals surface area contributed by atoms with Crippen molar-refractivity contribution in [3.8, 4) is 0 Å². The molecule has 1 aliphatic heterocycles. The van der Waals surface area contributed by atoms with Crippen LogP contribution in [0, 0.1) is 0 Å². The second-order valence-corrected chi connectivity index (χ2v) is 9.71. The molecule has 10 nitrogen and oxygen atoms in total. The maximum atomic E-state index is 9.12. The number of nitrogens with zero attached hydrogens (tertiary/aromatic N) is 6. The number of nitrogens with one attached hydrogen (secondary N) is 2. The van der Waals surface area contributed by atoms with Crippen LogP contribution in [-0.2, 0) is 17.7 Å². The fourth-order valence-corrected chi connectivity index (χ4v) is 5.55. The summed E-state index contributed by atoms with van der Waals surface area (Å²) in [5, 5.41) is 21.4. The summed E-state index contributed by atoms with van der Waals surface area (Å²) in [6.45, 7) is 6.43. The zero-order chi connectivity index (χ0) is 22.6. The van der Waals surface area contributed by atoms with Crippen LogP contribution in [0.2, 0.25) is 0 Å². The van der Waals surface area contributed by atoms with E-state index in [1.165, 1.54) is 12.8 Å². The van der Waals surface area contributed by atoms with Crippen LogP contribution in [-0.4, -0.2) is 79.7 Å². The summed E-state index contributed by atoms with van der Waals surface area (Å²) >= 11 is 1.62. The van der Waals surface area contributed by atoms with E-state index in [9.17, 15) is 0 Å². The Balaban J connectivity index is 1.31. The van der Waals surface area contributed by atoms with E-state index in [4.69, 9.17) is 24.8 Å². The van der Waals surface area contributed by atoms with Gasteiger partial charge < -0.3 is 20.5 Å². The summed E-state index contributed by atoms with van der Waals surface area (Å²) in [6, 6.07) is 1.04. The van der Waals surface area contributed by atoms with Crippen molar-refractivity contribution in [2.24, 2.45) is 0 Å². The van der Waals surface area contributed by atoms with Crippen LogP contribution in [0.25, 0.3) is 10.3 Å². The van der Waals surface area contributed by atoms with Crippen LogP contribution in [0.15, 0.2) is 12.4 Å². The maximum absolute atomic E-state index is 9.12. The number of hydrogen-bond donors (Lipinski definition) is 3. The molecule has 2 aliphatic rings. The number of morpholine rings is 1. The molecular formula is C22H32N8O2S. The third-order valence-corrected chi connectivity index (χ3v) is 7.52. The van der Waals surface area contributed by atoms with Gasteiger partial charge in [0, 0.05) is 31.4 Å². The van der Waals surface area contributed by atoms with Gasteiger partial charge in [-0.25, -0.2) is 4.98 Å². The van der Waals surface area contributed by atoms with Crippen LogP contribution >= 0.6 is 11.3 Å². The third-order valence-electron chi connectivity index (χ3n) is 6.42. The monoisotopic (exact) mass is 472 g/mol. The van der Waals surface area contributed by atoms with Crippen LogP contribution < -0.4 is 10.6 Å². The molecule has 0 aromatic carbocycles. The van der Waals surface area contributed by atoms with Crippen molar-refractivity contribution in [3.63, 3.8) is 0 Å². The Bertz CT molecular complexity index is 1060. The Morgan fingerprint density at radius 2 is 1.97 bits per heavy atom.